The first-order valence-electron chi connectivity index (χ1n) is 12.5. The minimum atomic E-state index is -0.429. The number of carbonyl (C=O) groups is 1. The third kappa shape index (κ3) is 4.92. The molecule has 0 saturated carbocycles. The molecule has 4 aromatic rings. The van der Waals surface area contributed by atoms with Crippen molar-refractivity contribution in [2.75, 3.05) is 24.5 Å². The highest BCUT2D eigenvalue weighted by molar-refractivity contribution is 6.30. The predicted molar refractivity (Wildman–Crippen MR) is 147 cm³/mol. The third-order valence-corrected chi connectivity index (χ3v) is 7.12. The number of nitrogens with zero attached hydrogens (tertiary/aromatic N) is 5. The lowest BCUT2D eigenvalue weighted by atomic mass is 9.86. The van der Waals surface area contributed by atoms with Gasteiger partial charge in [-0.3, -0.25) is 4.79 Å². The monoisotopic (exact) mass is 517 g/mol. The van der Waals surface area contributed by atoms with Gasteiger partial charge in [0.1, 0.15) is 17.2 Å². The fourth-order valence-corrected chi connectivity index (χ4v) is 5.06. The molecule has 0 bridgehead atoms. The summed E-state index contributed by atoms with van der Waals surface area (Å²) in [5.74, 6) is 1.79. The number of amides is 1. The summed E-state index contributed by atoms with van der Waals surface area (Å²) < 4.78 is 6.26. The number of fused-ring (bicyclic) bond motifs is 1. The molecule has 0 N–H and O–H groups in total. The van der Waals surface area contributed by atoms with Crippen molar-refractivity contribution in [1.29, 1.82) is 0 Å². The van der Waals surface area contributed by atoms with Crippen molar-refractivity contribution in [2.45, 2.75) is 52.5 Å². The Labute approximate surface area is 222 Å². The molecule has 0 atom stereocenters. The zero-order valence-electron chi connectivity index (χ0n) is 22.2. The molecule has 4 heterocycles. The molecule has 1 amide bonds. The van der Waals surface area contributed by atoms with Gasteiger partial charge >= 0.3 is 0 Å². The van der Waals surface area contributed by atoms with Crippen LogP contribution in [0.2, 0.25) is 5.02 Å². The molecule has 1 fully saturated rings. The van der Waals surface area contributed by atoms with Gasteiger partial charge in [0.05, 0.1) is 11.2 Å². The Morgan fingerprint density at radius 2 is 1.78 bits per heavy atom. The standard InChI is InChI=1S/C29H32ClN5O2/c1-18-31-12-11-25(32-18)34-13-14-35(29(5,6)17-34)27(36)24-16-23-26(37-24)21(28(2,3)4)15-22(33-23)19-7-9-20(30)10-8-19/h7-12,15-16H,13-14,17H2,1-6H3. The Balaban J connectivity index is 1.49. The SMILES string of the molecule is Cc1nccc(N2CCN(C(=O)c3cc4nc(-c5ccc(Cl)cc5)cc(C(C)(C)C)c4o3)C(C)(C)C2)n1. The van der Waals surface area contributed by atoms with Crippen molar-refractivity contribution in [3.8, 4) is 11.3 Å². The number of piperazine rings is 1. The molecular formula is C29H32ClN5O2. The van der Waals surface area contributed by atoms with E-state index in [-0.39, 0.29) is 11.3 Å². The van der Waals surface area contributed by atoms with Crippen LogP contribution in [0, 0.1) is 6.92 Å². The van der Waals surface area contributed by atoms with Gasteiger partial charge in [0.15, 0.2) is 11.3 Å². The van der Waals surface area contributed by atoms with Gasteiger partial charge in [-0.1, -0.05) is 44.5 Å². The van der Waals surface area contributed by atoms with E-state index >= 15 is 0 Å². The number of aryl methyl sites for hydroxylation is 1. The summed E-state index contributed by atoms with van der Waals surface area (Å²) in [5.41, 5.74) is 3.48. The molecule has 0 aliphatic carbocycles. The van der Waals surface area contributed by atoms with E-state index in [1.165, 1.54) is 0 Å². The summed E-state index contributed by atoms with van der Waals surface area (Å²) in [6, 6.07) is 13.4. The number of aromatic nitrogens is 3. The van der Waals surface area contributed by atoms with Gasteiger partial charge in [0.2, 0.25) is 0 Å². The van der Waals surface area contributed by atoms with E-state index in [0.29, 0.717) is 41.5 Å². The average Bonchev–Trinajstić information content (AvgIpc) is 3.26. The Morgan fingerprint density at radius 1 is 1.05 bits per heavy atom. The summed E-state index contributed by atoms with van der Waals surface area (Å²) in [5, 5.41) is 0.676. The summed E-state index contributed by atoms with van der Waals surface area (Å²) in [4.78, 5) is 31.5. The third-order valence-electron chi connectivity index (χ3n) is 6.87. The van der Waals surface area contributed by atoms with Crippen LogP contribution in [0.25, 0.3) is 22.4 Å². The van der Waals surface area contributed by atoms with Crippen LogP contribution in [0.15, 0.2) is 53.1 Å². The number of furan rings is 1. The Bertz CT molecular complexity index is 1470. The summed E-state index contributed by atoms with van der Waals surface area (Å²) in [6.45, 7) is 14.3. The number of halogens is 1. The first-order chi connectivity index (χ1) is 17.4. The molecule has 1 saturated heterocycles. The number of carbonyl (C=O) groups excluding carboxylic acids is 1. The number of hydrogen-bond donors (Lipinski definition) is 0. The molecule has 37 heavy (non-hydrogen) atoms. The van der Waals surface area contributed by atoms with Crippen LogP contribution in [-0.4, -0.2) is 50.9 Å². The van der Waals surface area contributed by atoms with E-state index in [0.717, 1.165) is 28.5 Å². The summed E-state index contributed by atoms with van der Waals surface area (Å²) in [7, 11) is 0. The topological polar surface area (TPSA) is 75.4 Å². The van der Waals surface area contributed by atoms with Gasteiger partial charge in [-0.15, -0.1) is 0 Å². The van der Waals surface area contributed by atoms with Crippen molar-refractivity contribution in [3.05, 3.63) is 70.8 Å². The van der Waals surface area contributed by atoms with Crippen molar-refractivity contribution in [2.24, 2.45) is 0 Å². The van der Waals surface area contributed by atoms with E-state index in [9.17, 15) is 4.79 Å². The first-order valence-corrected chi connectivity index (χ1v) is 12.9. The minimum Gasteiger partial charge on any atom is -0.449 e. The molecule has 1 aromatic carbocycles. The van der Waals surface area contributed by atoms with Crippen LogP contribution in [-0.2, 0) is 5.41 Å². The maximum atomic E-state index is 13.8. The first kappa shape index (κ1) is 25.2. The second-order valence-corrected chi connectivity index (χ2v) is 11.7. The lowest BCUT2D eigenvalue weighted by Crippen LogP contribution is -2.61. The Kier molecular flexibility index (Phi) is 6.23. The van der Waals surface area contributed by atoms with Crippen LogP contribution in [0.3, 0.4) is 0 Å². The van der Waals surface area contributed by atoms with Crippen LogP contribution in [0.1, 0.15) is 56.6 Å². The van der Waals surface area contributed by atoms with Gasteiger partial charge in [-0.25, -0.2) is 15.0 Å². The highest BCUT2D eigenvalue weighted by Gasteiger charge is 2.39. The van der Waals surface area contributed by atoms with Crippen LogP contribution in [0.4, 0.5) is 5.82 Å². The lowest BCUT2D eigenvalue weighted by Gasteiger charge is -2.47. The van der Waals surface area contributed by atoms with Crippen molar-refractivity contribution >= 4 is 34.4 Å². The van der Waals surface area contributed by atoms with E-state index in [1.807, 2.05) is 42.2 Å². The van der Waals surface area contributed by atoms with E-state index < -0.39 is 5.54 Å². The van der Waals surface area contributed by atoms with Crippen LogP contribution < -0.4 is 4.90 Å². The zero-order chi connectivity index (χ0) is 26.5. The molecule has 8 heteroatoms. The molecule has 5 rings (SSSR count). The molecule has 0 radical (unpaired) electrons. The highest BCUT2D eigenvalue weighted by Crippen LogP contribution is 2.36. The molecule has 7 nitrogen and oxygen atoms in total. The number of benzene rings is 1. The maximum Gasteiger partial charge on any atom is 0.290 e. The second-order valence-electron chi connectivity index (χ2n) is 11.3. The van der Waals surface area contributed by atoms with Crippen molar-refractivity contribution in [3.63, 3.8) is 0 Å². The van der Waals surface area contributed by atoms with Gasteiger partial charge in [0.25, 0.3) is 5.91 Å². The fraction of sp³-hybridized carbons (Fsp3) is 0.379. The highest BCUT2D eigenvalue weighted by atomic mass is 35.5. The Morgan fingerprint density at radius 3 is 2.43 bits per heavy atom. The largest absolute Gasteiger partial charge is 0.449 e. The van der Waals surface area contributed by atoms with E-state index in [2.05, 4.69) is 55.6 Å². The molecule has 1 aliphatic heterocycles. The van der Waals surface area contributed by atoms with Crippen molar-refractivity contribution < 1.29 is 9.21 Å². The molecule has 0 spiro atoms. The quantitative estimate of drug-likeness (QED) is 0.318. The smallest absolute Gasteiger partial charge is 0.290 e. The number of hydrogen-bond acceptors (Lipinski definition) is 6. The van der Waals surface area contributed by atoms with E-state index in [4.69, 9.17) is 21.0 Å². The molecule has 0 unspecified atom stereocenters. The number of anilines is 1. The van der Waals surface area contributed by atoms with Gasteiger partial charge in [-0.2, -0.15) is 0 Å². The van der Waals surface area contributed by atoms with Gasteiger partial charge in [-0.05, 0) is 50.5 Å². The minimum absolute atomic E-state index is 0.130. The lowest BCUT2D eigenvalue weighted by molar-refractivity contribution is 0.0483. The van der Waals surface area contributed by atoms with Gasteiger partial charge in [0, 0.05) is 48.0 Å². The molecule has 1 aliphatic rings. The summed E-state index contributed by atoms with van der Waals surface area (Å²) in [6.07, 6.45) is 1.77. The van der Waals surface area contributed by atoms with Crippen LogP contribution in [0.5, 0.6) is 0 Å². The van der Waals surface area contributed by atoms with E-state index in [1.54, 1.807) is 12.3 Å². The van der Waals surface area contributed by atoms with Crippen LogP contribution >= 0.6 is 11.6 Å². The van der Waals surface area contributed by atoms with Crippen molar-refractivity contribution in [1.82, 2.24) is 19.9 Å². The predicted octanol–water partition coefficient (Wildman–Crippen LogP) is 6.29. The molecule has 3 aromatic heterocycles. The second kappa shape index (κ2) is 9.14. The molecular weight excluding hydrogens is 486 g/mol. The fourth-order valence-electron chi connectivity index (χ4n) is 4.93. The summed E-state index contributed by atoms with van der Waals surface area (Å²) >= 11 is 6.10. The number of pyridine rings is 1. The number of rotatable bonds is 3. The average molecular weight is 518 g/mol. The maximum absolute atomic E-state index is 13.8. The normalized spacial score (nSPS) is 15.9. The Hall–Kier alpha value is -3.45. The van der Waals surface area contributed by atoms with Gasteiger partial charge < -0.3 is 14.2 Å². The zero-order valence-corrected chi connectivity index (χ0v) is 22.9. The molecule has 192 valence electrons.